The minimum atomic E-state index is -0.540. The molecule has 0 aliphatic carbocycles. The van der Waals surface area contributed by atoms with Gasteiger partial charge >= 0.3 is 0 Å². The summed E-state index contributed by atoms with van der Waals surface area (Å²) in [7, 11) is 2.00. The van der Waals surface area contributed by atoms with Gasteiger partial charge in [0.2, 0.25) is 0 Å². The summed E-state index contributed by atoms with van der Waals surface area (Å²) in [5.74, 6) is -1.34. The van der Waals surface area contributed by atoms with Crippen LogP contribution in [0.25, 0.3) is 0 Å². The molecule has 0 fully saturated rings. The van der Waals surface area contributed by atoms with Gasteiger partial charge in [-0.25, -0.2) is 4.39 Å². The number of thiophene rings is 1. The Balaban J connectivity index is 1.92. The van der Waals surface area contributed by atoms with Crippen LogP contribution >= 0.6 is 11.3 Å². The lowest BCUT2D eigenvalue weighted by atomic mass is 10.0. The number of carbonyl (C=O) groups is 2. The lowest BCUT2D eigenvalue weighted by Gasteiger charge is -2.22. The molecule has 0 radical (unpaired) electrons. The second-order valence-corrected chi connectivity index (χ2v) is 6.63. The molecule has 1 aliphatic rings. The van der Waals surface area contributed by atoms with Gasteiger partial charge in [0.25, 0.3) is 11.8 Å². The Kier molecular flexibility index (Phi) is 4.14. The normalized spacial score (nSPS) is 14.3. The zero-order chi connectivity index (χ0) is 16.6. The van der Waals surface area contributed by atoms with Crippen LogP contribution in [0.4, 0.5) is 9.39 Å². The number of benzene rings is 1. The van der Waals surface area contributed by atoms with Crippen LogP contribution in [0.1, 0.15) is 31.2 Å². The highest BCUT2D eigenvalue weighted by atomic mass is 32.1. The van der Waals surface area contributed by atoms with Crippen molar-refractivity contribution in [2.45, 2.75) is 13.0 Å². The van der Waals surface area contributed by atoms with Crippen LogP contribution in [0.2, 0.25) is 0 Å². The molecule has 0 saturated heterocycles. The fraction of sp³-hybridized carbons (Fsp3) is 0.250. The lowest BCUT2D eigenvalue weighted by molar-refractivity contribution is 0.1000. The highest BCUT2D eigenvalue weighted by molar-refractivity contribution is 7.17. The summed E-state index contributed by atoms with van der Waals surface area (Å²) in [6, 6.07) is 5.24. The number of hydrogen-bond acceptors (Lipinski definition) is 4. The van der Waals surface area contributed by atoms with Gasteiger partial charge in [-0.05, 0) is 43.3 Å². The van der Waals surface area contributed by atoms with Crippen molar-refractivity contribution in [3.8, 4) is 0 Å². The van der Waals surface area contributed by atoms with Crippen LogP contribution < -0.4 is 11.1 Å². The van der Waals surface area contributed by atoms with Gasteiger partial charge in [-0.15, -0.1) is 11.3 Å². The minimum absolute atomic E-state index is 0.324. The van der Waals surface area contributed by atoms with Gasteiger partial charge in [-0.1, -0.05) is 0 Å². The Labute approximate surface area is 136 Å². The van der Waals surface area contributed by atoms with Crippen molar-refractivity contribution in [2.24, 2.45) is 5.73 Å². The van der Waals surface area contributed by atoms with E-state index in [0.717, 1.165) is 30.0 Å². The minimum Gasteiger partial charge on any atom is -0.365 e. The number of nitrogens with one attached hydrogen (secondary N) is 1. The highest BCUT2D eigenvalue weighted by Crippen LogP contribution is 2.36. The van der Waals surface area contributed by atoms with E-state index in [9.17, 15) is 14.0 Å². The molecule has 2 aromatic rings. The molecule has 0 spiro atoms. The summed E-state index contributed by atoms with van der Waals surface area (Å²) in [4.78, 5) is 27.3. The molecule has 1 aliphatic heterocycles. The number of halogens is 1. The number of nitrogens with two attached hydrogens (primary N) is 1. The van der Waals surface area contributed by atoms with E-state index in [-0.39, 0.29) is 5.91 Å². The van der Waals surface area contributed by atoms with E-state index in [1.165, 1.54) is 35.6 Å². The summed E-state index contributed by atoms with van der Waals surface area (Å²) in [6.07, 6.45) is 0.729. The average Bonchev–Trinajstić information content (AvgIpc) is 2.84. The number of anilines is 1. The maximum atomic E-state index is 12.9. The molecule has 0 saturated carbocycles. The summed E-state index contributed by atoms with van der Waals surface area (Å²) in [5, 5.41) is 3.20. The van der Waals surface area contributed by atoms with Crippen LogP contribution in [0.5, 0.6) is 0 Å². The Bertz CT molecular complexity index is 770. The van der Waals surface area contributed by atoms with Crippen LogP contribution in [-0.2, 0) is 13.0 Å². The van der Waals surface area contributed by atoms with Crippen LogP contribution in [-0.4, -0.2) is 30.3 Å². The van der Waals surface area contributed by atoms with Crippen molar-refractivity contribution < 1.29 is 14.0 Å². The molecule has 3 rings (SSSR count). The van der Waals surface area contributed by atoms with Crippen molar-refractivity contribution in [1.82, 2.24) is 4.90 Å². The van der Waals surface area contributed by atoms with E-state index in [2.05, 4.69) is 10.2 Å². The zero-order valence-electron chi connectivity index (χ0n) is 12.6. The molecule has 2 amide bonds. The zero-order valence-corrected chi connectivity index (χ0v) is 13.4. The van der Waals surface area contributed by atoms with Gasteiger partial charge in [-0.3, -0.25) is 9.59 Å². The predicted octanol–water partition coefficient (Wildman–Crippen LogP) is 2.23. The fourth-order valence-corrected chi connectivity index (χ4v) is 3.98. The third kappa shape index (κ3) is 3.11. The van der Waals surface area contributed by atoms with E-state index in [0.29, 0.717) is 16.1 Å². The SMILES string of the molecule is CN1CCc2c(sc(NC(=O)c3ccc(F)cc3)c2C(N)=O)C1. The summed E-state index contributed by atoms with van der Waals surface area (Å²) in [5.41, 5.74) is 7.15. The molecular weight excluding hydrogens is 317 g/mol. The monoisotopic (exact) mass is 333 g/mol. The van der Waals surface area contributed by atoms with E-state index in [1.54, 1.807) is 0 Å². The Hall–Kier alpha value is -2.25. The second kappa shape index (κ2) is 6.10. The lowest BCUT2D eigenvalue weighted by Crippen LogP contribution is -2.27. The van der Waals surface area contributed by atoms with Crippen molar-refractivity contribution in [3.05, 3.63) is 51.7 Å². The van der Waals surface area contributed by atoms with Crippen molar-refractivity contribution in [3.63, 3.8) is 0 Å². The quantitative estimate of drug-likeness (QED) is 0.904. The van der Waals surface area contributed by atoms with Gasteiger partial charge in [0.15, 0.2) is 0 Å². The molecule has 7 heteroatoms. The first-order valence-corrected chi connectivity index (χ1v) is 7.97. The maximum Gasteiger partial charge on any atom is 0.256 e. The number of carbonyl (C=O) groups excluding carboxylic acids is 2. The molecule has 5 nitrogen and oxygen atoms in total. The third-order valence-corrected chi connectivity index (χ3v) is 4.96. The molecule has 0 unspecified atom stereocenters. The van der Waals surface area contributed by atoms with Gasteiger partial charge in [0.05, 0.1) is 5.56 Å². The number of primary amides is 1. The molecule has 2 heterocycles. The maximum absolute atomic E-state index is 12.9. The average molecular weight is 333 g/mol. The van der Waals surface area contributed by atoms with Crippen molar-refractivity contribution in [1.29, 1.82) is 0 Å². The van der Waals surface area contributed by atoms with Gasteiger partial charge in [0.1, 0.15) is 10.8 Å². The summed E-state index contributed by atoms with van der Waals surface area (Å²) < 4.78 is 12.9. The first-order chi connectivity index (χ1) is 11.0. The number of nitrogens with zero attached hydrogens (tertiary/aromatic N) is 1. The first kappa shape index (κ1) is 15.6. The molecule has 0 bridgehead atoms. The topological polar surface area (TPSA) is 75.4 Å². The third-order valence-electron chi connectivity index (χ3n) is 3.83. The molecule has 0 atom stereocenters. The summed E-state index contributed by atoms with van der Waals surface area (Å²) in [6.45, 7) is 1.57. The largest absolute Gasteiger partial charge is 0.365 e. The Morgan fingerprint density at radius 2 is 2.00 bits per heavy atom. The molecule has 1 aromatic carbocycles. The number of rotatable bonds is 3. The van der Waals surface area contributed by atoms with Crippen LogP contribution in [0.3, 0.4) is 0 Å². The first-order valence-electron chi connectivity index (χ1n) is 7.15. The molecular formula is C16H16FN3O2S. The van der Waals surface area contributed by atoms with Gasteiger partial charge in [0, 0.05) is 23.5 Å². The van der Waals surface area contributed by atoms with E-state index >= 15 is 0 Å². The highest BCUT2D eigenvalue weighted by Gasteiger charge is 2.26. The van der Waals surface area contributed by atoms with E-state index in [1.807, 2.05) is 7.05 Å². The molecule has 120 valence electrons. The van der Waals surface area contributed by atoms with Crippen LogP contribution in [0, 0.1) is 5.82 Å². The standard InChI is InChI=1S/C16H16FN3O2S/c1-20-7-6-11-12(8-20)23-16(13(11)14(18)21)19-15(22)9-2-4-10(17)5-3-9/h2-5H,6-8H2,1H3,(H2,18,21)(H,19,22). The number of likely N-dealkylation sites (N-methyl/N-ethyl adjacent to an activating group) is 1. The number of fused-ring (bicyclic) bond motifs is 1. The van der Waals surface area contributed by atoms with Crippen LogP contribution in [0.15, 0.2) is 24.3 Å². The van der Waals surface area contributed by atoms with E-state index < -0.39 is 11.7 Å². The Morgan fingerprint density at radius 3 is 2.65 bits per heavy atom. The van der Waals surface area contributed by atoms with Gasteiger partial charge < -0.3 is 16.0 Å². The predicted molar refractivity (Wildman–Crippen MR) is 87.2 cm³/mol. The smallest absolute Gasteiger partial charge is 0.256 e. The molecule has 3 N–H and O–H groups in total. The second-order valence-electron chi connectivity index (χ2n) is 5.52. The van der Waals surface area contributed by atoms with Crippen molar-refractivity contribution in [2.75, 3.05) is 18.9 Å². The Morgan fingerprint density at radius 1 is 1.30 bits per heavy atom. The summed E-state index contributed by atoms with van der Waals surface area (Å²) >= 11 is 1.37. The molecule has 23 heavy (non-hydrogen) atoms. The fourth-order valence-electron chi connectivity index (χ4n) is 2.66. The van der Waals surface area contributed by atoms with E-state index in [4.69, 9.17) is 5.73 Å². The van der Waals surface area contributed by atoms with Gasteiger partial charge in [-0.2, -0.15) is 0 Å². The van der Waals surface area contributed by atoms with Crippen molar-refractivity contribution >= 4 is 28.2 Å². The number of amides is 2. The molecule has 1 aromatic heterocycles. The number of hydrogen-bond donors (Lipinski definition) is 2.